The van der Waals surface area contributed by atoms with Crippen LogP contribution in [0.5, 0.6) is 0 Å². The number of nitrogens with one attached hydrogen (secondary N) is 1. The molecule has 0 aliphatic carbocycles. The Bertz CT molecular complexity index is 94.3. The van der Waals surface area contributed by atoms with Crippen molar-refractivity contribution in [3.05, 3.63) is 0 Å². The standard InChI is InChI=1S/C6H17NO3Si/c1-3-4-5-6-7-10-11(2,8)9/h7-9H,3-6H2,1-2H3. The first kappa shape index (κ1) is 11.1. The predicted octanol–water partition coefficient (Wildman–Crippen LogP) is 0.251. The van der Waals surface area contributed by atoms with E-state index in [1.54, 1.807) is 0 Å². The van der Waals surface area contributed by atoms with Gasteiger partial charge in [-0.1, -0.05) is 19.8 Å². The summed E-state index contributed by atoms with van der Waals surface area (Å²) in [6, 6.07) is 0. The number of rotatable bonds is 6. The summed E-state index contributed by atoms with van der Waals surface area (Å²) in [5.74, 6) is 0. The van der Waals surface area contributed by atoms with E-state index < -0.39 is 8.80 Å². The lowest BCUT2D eigenvalue weighted by Crippen LogP contribution is -2.40. The van der Waals surface area contributed by atoms with E-state index in [1.165, 1.54) is 6.55 Å². The van der Waals surface area contributed by atoms with Crippen molar-refractivity contribution in [3.63, 3.8) is 0 Å². The van der Waals surface area contributed by atoms with E-state index in [0.29, 0.717) is 6.54 Å². The quantitative estimate of drug-likeness (QED) is 0.311. The lowest BCUT2D eigenvalue weighted by molar-refractivity contribution is 0.0842. The zero-order valence-corrected chi connectivity index (χ0v) is 8.13. The van der Waals surface area contributed by atoms with Crippen molar-refractivity contribution >= 4 is 8.80 Å². The van der Waals surface area contributed by atoms with Crippen LogP contribution in [0.2, 0.25) is 6.55 Å². The lowest BCUT2D eigenvalue weighted by Gasteiger charge is -2.12. The second-order valence-electron chi connectivity index (χ2n) is 2.64. The van der Waals surface area contributed by atoms with Gasteiger partial charge < -0.3 is 9.59 Å². The molecule has 0 spiro atoms. The van der Waals surface area contributed by atoms with Crippen molar-refractivity contribution in [2.24, 2.45) is 0 Å². The molecule has 68 valence electrons. The van der Waals surface area contributed by atoms with Gasteiger partial charge in [-0.15, -0.1) is 0 Å². The zero-order chi connectivity index (χ0) is 8.74. The maximum absolute atomic E-state index is 8.78. The van der Waals surface area contributed by atoms with Crippen LogP contribution in [0.1, 0.15) is 26.2 Å². The highest BCUT2D eigenvalue weighted by Gasteiger charge is 2.23. The van der Waals surface area contributed by atoms with Gasteiger partial charge in [0.2, 0.25) is 0 Å². The second-order valence-corrected chi connectivity index (χ2v) is 4.71. The highest BCUT2D eigenvalue weighted by atomic mass is 28.4. The fourth-order valence-corrected chi connectivity index (χ4v) is 1.01. The van der Waals surface area contributed by atoms with Gasteiger partial charge >= 0.3 is 8.80 Å². The molecule has 0 aromatic rings. The summed E-state index contributed by atoms with van der Waals surface area (Å²) in [4.78, 5) is 17.6. The third-order valence-corrected chi connectivity index (χ3v) is 1.68. The van der Waals surface area contributed by atoms with Gasteiger partial charge in [-0.2, -0.15) is 0 Å². The van der Waals surface area contributed by atoms with E-state index in [1.807, 2.05) is 0 Å². The highest BCUT2D eigenvalue weighted by molar-refractivity contribution is 6.55. The minimum atomic E-state index is -3.33. The molecule has 0 fully saturated rings. The largest absolute Gasteiger partial charge is 0.509 e. The van der Waals surface area contributed by atoms with Crippen molar-refractivity contribution in [2.75, 3.05) is 6.54 Å². The minimum absolute atomic E-state index is 0.678. The molecular weight excluding hydrogens is 162 g/mol. The Morgan fingerprint density at radius 2 is 2.00 bits per heavy atom. The van der Waals surface area contributed by atoms with Gasteiger partial charge in [-0.05, 0) is 6.42 Å². The van der Waals surface area contributed by atoms with Crippen LogP contribution in [0.3, 0.4) is 0 Å². The maximum Gasteiger partial charge on any atom is 0.509 e. The molecule has 0 saturated heterocycles. The molecule has 3 N–H and O–H groups in total. The van der Waals surface area contributed by atoms with Crippen LogP contribution in [0.4, 0.5) is 0 Å². The van der Waals surface area contributed by atoms with Crippen molar-refractivity contribution in [1.29, 1.82) is 0 Å². The first-order chi connectivity index (χ1) is 5.06. The van der Waals surface area contributed by atoms with Gasteiger partial charge in [0, 0.05) is 13.1 Å². The van der Waals surface area contributed by atoms with Crippen LogP contribution in [0.25, 0.3) is 0 Å². The Morgan fingerprint density at radius 1 is 1.36 bits per heavy atom. The van der Waals surface area contributed by atoms with Crippen molar-refractivity contribution in [3.8, 4) is 0 Å². The molecule has 0 aliphatic heterocycles. The molecule has 0 radical (unpaired) electrons. The number of hydroxylamine groups is 1. The van der Waals surface area contributed by atoms with E-state index in [-0.39, 0.29) is 0 Å². The summed E-state index contributed by atoms with van der Waals surface area (Å²) < 4.78 is 4.58. The number of unbranched alkanes of at least 4 members (excludes halogenated alkanes) is 2. The Labute approximate surface area is 68.5 Å². The van der Waals surface area contributed by atoms with Gasteiger partial charge in [-0.25, -0.2) is 5.48 Å². The van der Waals surface area contributed by atoms with Gasteiger partial charge in [0.25, 0.3) is 0 Å². The average Bonchev–Trinajstić information content (AvgIpc) is 1.85. The van der Waals surface area contributed by atoms with Gasteiger partial charge in [-0.3, -0.25) is 4.53 Å². The molecule has 11 heavy (non-hydrogen) atoms. The molecule has 0 unspecified atom stereocenters. The van der Waals surface area contributed by atoms with Crippen molar-refractivity contribution in [2.45, 2.75) is 32.7 Å². The van der Waals surface area contributed by atoms with Crippen LogP contribution in [0, 0.1) is 0 Å². The summed E-state index contributed by atoms with van der Waals surface area (Å²) in [5.41, 5.74) is 2.52. The Kier molecular flexibility index (Phi) is 5.70. The summed E-state index contributed by atoms with van der Waals surface area (Å²) in [7, 11) is -3.33. The van der Waals surface area contributed by atoms with Crippen LogP contribution in [-0.4, -0.2) is 24.9 Å². The first-order valence-electron chi connectivity index (χ1n) is 3.92. The van der Waals surface area contributed by atoms with E-state index in [2.05, 4.69) is 16.9 Å². The SMILES string of the molecule is CCCCCNO[Si](C)(O)O. The molecule has 0 rings (SSSR count). The second kappa shape index (κ2) is 5.67. The monoisotopic (exact) mass is 179 g/mol. The molecule has 0 amide bonds. The van der Waals surface area contributed by atoms with Crippen LogP contribution < -0.4 is 5.48 Å². The number of hydrogen-bond donors (Lipinski definition) is 3. The molecule has 0 atom stereocenters. The Hall–Kier alpha value is 0.0569. The van der Waals surface area contributed by atoms with E-state index >= 15 is 0 Å². The van der Waals surface area contributed by atoms with Gasteiger partial charge in [0.15, 0.2) is 0 Å². The first-order valence-corrected chi connectivity index (χ1v) is 6.22. The molecule has 5 heteroatoms. The maximum atomic E-state index is 8.78. The summed E-state index contributed by atoms with van der Waals surface area (Å²) in [6.45, 7) is 4.08. The minimum Gasteiger partial charge on any atom is -0.389 e. The summed E-state index contributed by atoms with van der Waals surface area (Å²) >= 11 is 0. The molecule has 0 aliphatic rings. The highest BCUT2D eigenvalue weighted by Crippen LogP contribution is 1.93. The normalized spacial score (nSPS) is 12.0. The summed E-state index contributed by atoms with van der Waals surface area (Å²) in [6.07, 6.45) is 3.28. The Balaban J connectivity index is 3.02. The summed E-state index contributed by atoms with van der Waals surface area (Å²) in [5, 5.41) is 0. The van der Waals surface area contributed by atoms with Gasteiger partial charge in [0.05, 0.1) is 0 Å². The fraction of sp³-hybridized carbons (Fsp3) is 1.00. The molecular formula is C6H17NO3Si. The third-order valence-electron chi connectivity index (χ3n) is 1.15. The average molecular weight is 179 g/mol. The van der Waals surface area contributed by atoms with Crippen molar-refractivity contribution in [1.82, 2.24) is 5.48 Å². The third kappa shape index (κ3) is 10.1. The van der Waals surface area contributed by atoms with Crippen LogP contribution >= 0.6 is 0 Å². The molecule has 0 aromatic heterocycles. The van der Waals surface area contributed by atoms with Crippen LogP contribution in [0.15, 0.2) is 0 Å². The van der Waals surface area contributed by atoms with E-state index in [0.717, 1.165) is 19.3 Å². The molecule has 0 heterocycles. The topological polar surface area (TPSA) is 61.7 Å². The smallest absolute Gasteiger partial charge is 0.389 e. The Morgan fingerprint density at radius 3 is 2.45 bits per heavy atom. The molecule has 4 nitrogen and oxygen atoms in total. The molecule has 0 aromatic carbocycles. The lowest BCUT2D eigenvalue weighted by atomic mass is 10.3. The fourth-order valence-electron chi connectivity index (χ4n) is 0.635. The van der Waals surface area contributed by atoms with Crippen molar-refractivity contribution < 1.29 is 14.1 Å². The zero-order valence-electron chi connectivity index (χ0n) is 7.13. The number of hydrogen-bond acceptors (Lipinski definition) is 4. The van der Waals surface area contributed by atoms with Crippen LogP contribution in [-0.2, 0) is 4.53 Å². The van der Waals surface area contributed by atoms with E-state index in [4.69, 9.17) is 9.59 Å². The van der Waals surface area contributed by atoms with E-state index in [9.17, 15) is 0 Å². The predicted molar refractivity (Wildman–Crippen MR) is 44.7 cm³/mol. The molecule has 0 saturated carbocycles. The molecule has 0 bridgehead atoms. The van der Waals surface area contributed by atoms with Gasteiger partial charge in [0.1, 0.15) is 0 Å².